The highest BCUT2D eigenvalue weighted by Crippen LogP contribution is 2.37. The van der Waals surface area contributed by atoms with Crippen LogP contribution in [-0.2, 0) is 12.8 Å². The zero-order chi connectivity index (χ0) is 12.5. The Bertz CT molecular complexity index is 544. The van der Waals surface area contributed by atoms with Crippen molar-refractivity contribution in [2.75, 3.05) is 0 Å². The van der Waals surface area contributed by atoms with Crippen LogP contribution in [0.15, 0.2) is 36.7 Å². The highest BCUT2D eigenvalue weighted by molar-refractivity contribution is 5.36. The lowest BCUT2D eigenvalue weighted by molar-refractivity contribution is 0.434. The van der Waals surface area contributed by atoms with E-state index in [-0.39, 0.29) is 6.04 Å². The number of hydrogen-bond donors (Lipinski definition) is 1. The Morgan fingerprint density at radius 3 is 3.00 bits per heavy atom. The summed E-state index contributed by atoms with van der Waals surface area (Å²) in [6, 6.07) is 8.91. The fourth-order valence-corrected chi connectivity index (χ4v) is 2.94. The van der Waals surface area contributed by atoms with Crippen molar-refractivity contribution in [3.05, 3.63) is 53.6 Å². The fourth-order valence-electron chi connectivity index (χ4n) is 2.94. The van der Waals surface area contributed by atoms with Gasteiger partial charge >= 0.3 is 0 Å². The monoisotopic (exact) mass is 241 g/mol. The van der Waals surface area contributed by atoms with Crippen LogP contribution in [0.4, 0.5) is 0 Å². The molecule has 1 aliphatic rings. The molecule has 3 nitrogen and oxygen atoms in total. The van der Waals surface area contributed by atoms with Gasteiger partial charge in [0.1, 0.15) is 5.82 Å². The number of fused-ring (bicyclic) bond motifs is 1. The van der Waals surface area contributed by atoms with Gasteiger partial charge in [-0.3, -0.25) is 0 Å². The minimum atomic E-state index is 0.0889. The van der Waals surface area contributed by atoms with Gasteiger partial charge in [0.05, 0.1) is 12.1 Å². The first-order chi connectivity index (χ1) is 8.81. The zero-order valence-electron chi connectivity index (χ0n) is 10.7. The lowest BCUT2D eigenvalue weighted by atomic mass is 10.1. The minimum absolute atomic E-state index is 0.0889. The molecule has 3 heteroatoms. The van der Waals surface area contributed by atoms with Gasteiger partial charge in [0.25, 0.3) is 0 Å². The second-order valence-electron chi connectivity index (χ2n) is 5.00. The number of aryl methyl sites for hydroxylation is 1. The van der Waals surface area contributed by atoms with Gasteiger partial charge in [-0.2, -0.15) is 0 Å². The molecule has 3 rings (SSSR count). The van der Waals surface area contributed by atoms with E-state index >= 15 is 0 Å². The number of imidazole rings is 1. The molecule has 2 aromatic rings. The van der Waals surface area contributed by atoms with Crippen LogP contribution in [0.3, 0.4) is 0 Å². The van der Waals surface area contributed by atoms with Crippen molar-refractivity contribution in [1.82, 2.24) is 9.55 Å². The molecule has 1 aromatic carbocycles. The number of nitrogens with two attached hydrogens (primary N) is 1. The average molecular weight is 241 g/mol. The van der Waals surface area contributed by atoms with Gasteiger partial charge in [-0.25, -0.2) is 4.98 Å². The third-order valence-electron chi connectivity index (χ3n) is 3.84. The highest BCUT2D eigenvalue weighted by Gasteiger charge is 2.31. The number of aromatic nitrogens is 2. The van der Waals surface area contributed by atoms with Crippen LogP contribution in [0.5, 0.6) is 0 Å². The molecule has 2 unspecified atom stereocenters. The molecule has 2 atom stereocenters. The van der Waals surface area contributed by atoms with Gasteiger partial charge < -0.3 is 10.3 Å². The number of nitrogens with zero attached hydrogens (tertiary/aromatic N) is 2. The Morgan fingerprint density at radius 2 is 2.22 bits per heavy atom. The normalized spacial score (nSPS) is 22.1. The Kier molecular flexibility index (Phi) is 2.92. The lowest BCUT2D eigenvalue weighted by Gasteiger charge is -2.20. The third-order valence-corrected chi connectivity index (χ3v) is 3.84. The Labute approximate surface area is 108 Å². The summed E-state index contributed by atoms with van der Waals surface area (Å²) in [4.78, 5) is 4.46. The van der Waals surface area contributed by atoms with Crippen LogP contribution >= 0.6 is 0 Å². The summed E-state index contributed by atoms with van der Waals surface area (Å²) in [5, 5.41) is 0. The van der Waals surface area contributed by atoms with Gasteiger partial charge in [-0.1, -0.05) is 31.2 Å². The van der Waals surface area contributed by atoms with E-state index in [1.165, 1.54) is 11.1 Å². The molecule has 0 aliphatic heterocycles. The molecule has 0 fully saturated rings. The van der Waals surface area contributed by atoms with E-state index < -0.39 is 0 Å². The summed E-state index contributed by atoms with van der Waals surface area (Å²) in [5.74, 6) is 1.16. The van der Waals surface area contributed by atoms with E-state index in [0.29, 0.717) is 6.04 Å². The van der Waals surface area contributed by atoms with Gasteiger partial charge in [0.2, 0.25) is 0 Å². The van der Waals surface area contributed by atoms with Crippen molar-refractivity contribution in [1.29, 1.82) is 0 Å². The second-order valence-corrected chi connectivity index (χ2v) is 5.00. The molecule has 18 heavy (non-hydrogen) atoms. The summed E-state index contributed by atoms with van der Waals surface area (Å²) in [5.41, 5.74) is 9.07. The van der Waals surface area contributed by atoms with Crippen molar-refractivity contribution in [3.8, 4) is 0 Å². The predicted molar refractivity (Wildman–Crippen MR) is 72.3 cm³/mol. The summed E-state index contributed by atoms with van der Waals surface area (Å²) in [6.07, 6.45) is 7.12. The molecule has 1 aliphatic carbocycles. The third kappa shape index (κ3) is 1.75. The molecule has 2 N–H and O–H groups in total. The topological polar surface area (TPSA) is 43.8 Å². The Morgan fingerprint density at radius 1 is 1.39 bits per heavy atom. The molecule has 0 radical (unpaired) electrons. The van der Waals surface area contributed by atoms with E-state index in [0.717, 1.165) is 25.1 Å². The number of rotatable bonds is 3. The average Bonchev–Trinajstić information content (AvgIpc) is 2.96. The van der Waals surface area contributed by atoms with Gasteiger partial charge in [0, 0.05) is 18.8 Å². The van der Waals surface area contributed by atoms with E-state index in [4.69, 9.17) is 5.73 Å². The molecule has 1 heterocycles. The van der Waals surface area contributed by atoms with Crippen molar-refractivity contribution in [2.45, 2.75) is 38.3 Å². The van der Waals surface area contributed by atoms with Crippen LogP contribution in [-0.4, -0.2) is 9.55 Å². The maximum absolute atomic E-state index is 6.40. The van der Waals surface area contributed by atoms with Crippen molar-refractivity contribution >= 4 is 0 Å². The van der Waals surface area contributed by atoms with E-state index in [2.05, 4.69) is 46.9 Å². The standard InChI is InChI=1S/C15H19N3/c1-2-5-14-17-8-9-18(14)13-10-11-6-3-4-7-12(11)15(13)16/h3-4,6-9,13,15H,2,5,10,16H2,1H3. The van der Waals surface area contributed by atoms with Gasteiger partial charge in [-0.05, 0) is 24.0 Å². The van der Waals surface area contributed by atoms with Crippen LogP contribution in [0, 0.1) is 0 Å². The van der Waals surface area contributed by atoms with Crippen molar-refractivity contribution in [2.24, 2.45) is 5.73 Å². The van der Waals surface area contributed by atoms with E-state index in [1.807, 2.05) is 6.20 Å². The summed E-state index contributed by atoms with van der Waals surface area (Å²) in [7, 11) is 0. The number of benzene rings is 1. The molecule has 0 bridgehead atoms. The number of hydrogen-bond acceptors (Lipinski definition) is 2. The molecular weight excluding hydrogens is 222 g/mol. The lowest BCUT2D eigenvalue weighted by Crippen LogP contribution is -2.22. The maximum atomic E-state index is 6.40. The van der Waals surface area contributed by atoms with Crippen LogP contribution in [0.2, 0.25) is 0 Å². The largest absolute Gasteiger partial charge is 0.330 e. The summed E-state index contributed by atoms with van der Waals surface area (Å²) < 4.78 is 2.27. The molecule has 94 valence electrons. The quantitative estimate of drug-likeness (QED) is 0.897. The second kappa shape index (κ2) is 4.58. The molecule has 0 saturated carbocycles. The Hall–Kier alpha value is -1.61. The Balaban J connectivity index is 1.94. The molecule has 0 amide bonds. The zero-order valence-corrected chi connectivity index (χ0v) is 10.7. The minimum Gasteiger partial charge on any atom is -0.330 e. The fraction of sp³-hybridized carbons (Fsp3) is 0.400. The summed E-state index contributed by atoms with van der Waals surface area (Å²) >= 11 is 0. The van der Waals surface area contributed by atoms with Gasteiger partial charge in [-0.15, -0.1) is 0 Å². The van der Waals surface area contributed by atoms with Crippen LogP contribution in [0.25, 0.3) is 0 Å². The summed E-state index contributed by atoms with van der Waals surface area (Å²) in [6.45, 7) is 2.18. The van der Waals surface area contributed by atoms with Gasteiger partial charge in [0.15, 0.2) is 0 Å². The van der Waals surface area contributed by atoms with Crippen LogP contribution < -0.4 is 5.73 Å². The van der Waals surface area contributed by atoms with Crippen LogP contribution in [0.1, 0.15) is 42.4 Å². The smallest absolute Gasteiger partial charge is 0.108 e. The predicted octanol–water partition coefficient (Wildman–Crippen LogP) is 2.63. The van der Waals surface area contributed by atoms with Crippen molar-refractivity contribution in [3.63, 3.8) is 0 Å². The molecule has 0 spiro atoms. The first kappa shape index (κ1) is 11.5. The van der Waals surface area contributed by atoms with Crippen molar-refractivity contribution < 1.29 is 0 Å². The van der Waals surface area contributed by atoms with E-state index in [1.54, 1.807) is 0 Å². The SMILES string of the molecule is CCCc1nccn1C1Cc2ccccc2C1N. The van der Waals surface area contributed by atoms with E-state index in [9.17, 15) is 0 Å². The molecule has 0 saturated heterocycles. The first-order valence-electron chi connectivity index (χ1n) is 6.66. The molecular formula is C15H19N3. The molecule has 1 aromatic heterocycles. The highest BCUT2D eigenvalue weighted by atomic mass is 15.1. The first-order valence-corrected chi connectivity index (χ1v) is 6.66. The maximum Gasteiger partial charge on any atom is 0.108 e.